The van der Waals surface area contributed by atoms with E-state index >= 15 is 0 Å². The molecule has 3 saturated heterocycles. The molecule has 0 saturated carbocycles. The number of amides is 2. The molecule has 18 heteroatoms. The Hall–Kier alpha value is -7.02. The summed E-state index contributed by atoms with van der Waals surface area (Å²) < 4.78 is 6.24. The summed E-state index contributed by atoms with van der Waals surface area (Å²) in [4.78, 5) is 50.9. The second kappa shape index (κ2) is 23.5. The van der Waals surface area contributed by atoms with Gasteiger partial charge in [0.05, 0.1) is 24.2 Å². The fourth-order valence-corrected chi connectivity index (χ4v) is 11.0. The molecule has 0 radical (unpaired) electrons. The molecular formula is C56H71N11O7. The fourth-order valence-electron chi connectivity index (χ4n) is 11.0. The number of benzene rings is 4. The number of amidine groups is 1. The minimum Gasteiger partial charge on any atom is -0.508 e. The standard InChI is InChI=1S/C56H71N11O7/c1-5-52(72)64-25-27-65(28-26-64)54-45-16-20-66(49-31-43(69)30-41-8-6-7-9-44(41)49)36-48(45)58-56(59-54)74-29-17-53(73)63-18-14-40(15-19-63)35-62-23-21-61(22-24-62)34-39-10-12-42(13-11-39)67(37-68)55(60-57-4)47-32-46(38(2)3)50(70)33-51(47)71/h6-13,30-33,38,40,68-71H,4-5,14-29,34-37H2,1-3H3/b60-55-. The summed E-state index contributed by atoms with van der Waals surface area (Å²) in [7, 11) is 0. The number of piperidine rings is 1. The molecule has 4 aliphatic heterocycles. The number of aliphatic hydroxyl groups excluding tert-OH is 1. The lowest BCUT2D eigenvalue weighted by atomic mass is 9.95. The van der Waals surface area contributed by atoms with Gasteiger partial charge in [-0.2, -0.15) is 15.1 Å². The number of carbonyl (C=O) groups is 2. The van der Waals surface area contributed by atoms with Crippen LogP contribution in [0.5, 0.6) is 23.3 Å². The van der Waals surface area contributed by atoms with Crippen molar-refractivity contribution in [1.29, 1.82) is 0 Å². The number of fused-ring (bicyclic) bond motifs is 2. The number of likely N-dealkylation sites (tertiary alicyclic amines) is 1. The first-order valence-corrected chi connectivity index (χ1v) is 26.2. The summed E-state index contributed by atoms with van der Waals surface area (Å²) in [6.45, 7) is 20.0. The van der Waals surface area contributed by atoms with E-state index in [0.29, 0.717) is 68.3 Å². The average Bonchev–Trinajstić information content (AvgIpc) is 3.41. The van der Waals surface area contributed by atoms with Gasteiger partial charge >= 0.3 is 6.01 Å². The van der Waals surface area contributed by atoms with Crippen molar-refractivity contribution >= 4 is 52.3 Å². The second-order valence-electron chi connectivity index (χ2n) is 20.2. The van der Waals surface area contributed by atoms with Gasteiger partial charge in [0.25, 0.3) is 0 Å². The number of nitrogens with zero attached hydrogens (tertiary/aromatic N) is 11. The summed E-state index contributed by atoms with van der Waals surface area (Å²) in [5.74, 6) is 1.81. The van der Waals surface area contributed by atoms with Gasteiger partial charge in [0.1, 0.15) is 36.4 Å². The molecule has 3 fully saturated rings. The zero-order valence-corrected chi connectivity index (χ0v) is 43.1. The van der Waals surface area contributed by atoms with E-state index in [1.807, 2.05) is 79.1 Å². The van der Waals surface area contributed by atoms with Crippen molar-refractivity contribution in [3.8, 4) is 23.3 Å². The van der Waals surface area contributed by atoms with Crippen LogP contribution in [0.3, 0.4) is 0 Å². The first-order chi connectivity index (χ1) is 35.9. The summed E-state index contributed by atoms with van der Waals surface area (Å²) in [5, 5.41) is 52.3. The summed E-state index contributed by atoms with van der Waals surface area (Å²) >= 11 is 0. The highest BCUT2D eigenvalue weighted by Gasteiger charge is 2.31. The summed E-state index contributed by atoms with van der Waals surface area (Å²) in [6.07, 6.45) is 3.35. The number of phenols is 3. The van der Waals surface area contributed by atoms with Gasteiger partial charge in [0, 0.05) is 133 Å². The molecule has 2 amide bonds. The van der Waals surface area contributed by atoms with Crippen LogP contribution in [0.15, 0.2) is 83.0 Å². The minimum absolute atomic E-state index is 0.0135. The SMILES string of the molecule is C=N/N=C(/c1cc(C(C)C)c(O)cc1O)N(CO)c1ccc(CN2CCN(CC3CCN(C(=O)CCOc4nc5c(c(N6CCN(C(=O)CC)CC6)n4)CCN(c4cc(O)cc6ccccc46)C5)CC3)CC2)cc1. The second-order valence-corrected chi connectivity index (χ2v) is 20.2. The average molecular weight is 1010 g/mol. The number of aliphatic hydroxyl groups is 1. The quantitative estimate of drug-likeness (QED) is 0.0381. The monoisotopic (exact) mass is 1010 g/mol. The van der Waals surface area contributed by atoms with E-state index in [1.54, 1.807) is 17.0 Å². The van der Waals surface area contributed by atoms with E-state index in [9.17, 15) is 30.0 Å². The molecule has 18 nitrogen and oxygen atoms in total. The van der Waals surface area contributed by atoms with Gasteiger partial charge in [-0.05, 0) is 71.9 Å². The van der Waals surface area contributed by atoms with E-state index in [-0.39, 0.29) is 59.9 Å². The molecule has 0 bridgehead atoms. The molecule has 5 heterocycles. The Balaban J connectivity index is 0.747. The Morgan fingerprint density at radius 1 is 0.811 bits per heavy atom. The number of ether oxygens (including phenoxy) is 1. The van der Waals surface area contributed by atoms with Gasteiger partial charge in [-0.15, -0.1) is 5.10 Å². The number of phenolic OH excluding ortho intramolecular Hbond substituents is 3. The maximum absolute atomic E-state index is 13.6. The van der Waals surface area contributed by atoms with Crippen LogP contribution in [0.4, 0.5) is 17.2 Å². The highest BCUT2D eigenvalue weighted by atomic mass is 16.5. The molecular weight excluding hydrogens is 939 g/mol. The molecule has 4 aromatic carbocycles. The largest absolute Gasteiger partial charge is 0.508 e. The smallest absolute Gasteiger partial charge is 0.318 e. The van der Waals surface area contributed by atoms with Crippen molar-refractivity contribution in [1.82, 2.24) is 29.6 Å². The highest BCUT2D eigenvalue weighted by molar-refractivity contribution is 6.11. The topological polar surface area (TPSA) is 197 Å². The zero-order valence-electron chi connectivity index (χ0n) is 43.1. The van der Waals surface area contributed by atoms with Gasteiger partial charge in [0.2, 0.25) is 11.8 Å². The number of anilines is 3. The molecule has 1 aromatic heterocycles. The van der Waals surface area contributed by atoms with Crippen molar-refractivity contribution in [2.45, 2.75) is 71.9 Å². The Kier molecular flexibility index (Phi) is 16.4. The van der Waals surface area contributed by atoms with Crippen LogP contribution in [-0.2, 0) is 29.1 Å². The van der Waals surface area contributed by atoms with Crippen molar-refractivity contribution in [2.75, 3.05) is 107 Å². The predicted octanol–water partition coefficient (Wildman–Crippen LogP) is 6.14. The molecule has 5 aromatic rings. The van der Waals surface area contributed by atoms with Gasteiger partial charge < -0.3 is 54.6 Å². The number of hydrogen-bond donors (Lipinski definition) is 4. The lowest BCUT2D eigenvalue weighted by molar-refractivity contribution is -0.133. The highest BCUT2D eigenvalue weighted by Crippen LogP contribution is 2.38. The number of rotatable bonds is 16. The fraction of sp³-hybridized carbons (Fsp3) is 0.464. The molecule has 0 spiro atoms. The molecule has 0 unspecified atom stereocenters. The normalized spacial score (nSPS) is 17.2. The number of carbonyl (C=O) groups excluding carboxylic acids is 2. The molecule has 4 aliphatic rings. The van der Waals surface area contributed by atoms with E-state index in [4.69, 9.17) is 14.7 Å². The molecule has 74 heavy (non-hydrogen) atoms. The van der Waals surface area contributed by atoms with Crippen molar-refractivity contribution in [3.63, 3.8) is 0 Å². The van der Waals surface area contributed by atoms with E-state index in [0.717, 1.165) is 111 Å². The Bertz CT molecular complexity index is 2820. The number of aromatic hydroxyl groups is 3. The summed E-state index contributed by atoms with van der Waals surface area (Å²) in [6, 6.07) is 22.8. The van der Waals surface area contributed by atoms with Crippen LogP contribution in [0.25, 0.3) is 10.8 Å². The van der Waals surface area contributed by atoms with Gasteiger partial charge in [0.15, 0.2) is 5.84 Å². The first kappa shape index (κ1) is 51.9. The third kappa shape index (κ3) is 11.8. The molecule has 0 aliphatic carbocycles. The van der Waals surface area contributed by atoms with Crippen molar-refractivity contribution in [2.24, 2.45) is 16.1 Å². The van der Waals surface area contributed by atoms with Gasteiger partial charge in [-0.1, -0.05) is 57.2 Å². The number of aromatic nitrogens is 2. The Labute approximate surface area is 433 Å². The van der Waals surface area contributed by atoms with Crippen LogP contribution >= 0.6 is 0 Å². The van der Waals surface area contributed by atoms with Crippen LogP contribution in [-0.4, -0.2) is 166 Å². The van der Waals surface area contributed by atoms with Crippen LogP contribution in [0, 0.1) is 5.92 Å². The maximum atomic E-state index is 13.6. The lowest BCUT2D eigenvalue weighted by Gasteiger charge is -2.39. The van der Waals surface area contributed by atoms with E-state index in [2.05, 4.69) is 42.6 Å². The first-order valence-electron chi connectivity index (χ1n) is 26.2. The zero-order chi connectivity index (χ0) is 51.9. The third-order valence-electron chi connectivity index (χ3n) is 15.1. The van der Waals surface area contributed by atoms with Crippen molar-refractivity contribution in [3.05, 3.63) is 101 Å². The van der Waals surface area contributed by atoms with Crippen LogP contribution < -0.4 is 19.4 Å². The van der Waals surface area contributed by atoms with E-state index < -0.39 is 6.73 Å². The van der Waals surface area contributed by atoms with Crippen molar-refractivity contribution < 1.29 is 34.8 Å². The van der Waals surface area contributed by atoms with E-state index in [1.165, 1.54) is 6.07 Å². The number of hydrogen-bond acceptors (Lipinski definition) is 15. The Morgan fingerprint density at radius 3 is 2.23 bits per heavy atom. The lowest BCUT2D eigenvalue weighted by Crippen LogP contribution is -2.49. The predicted molar refractivity (Wildman–Crippen MR) is 289 cm³/mol. The molecule has 9 rings (SSSR count). The van der Waals surface area contributed by atoms with Crippen LogP contribution in [0.2, 0.25) is 0 Å². The molecule has 392 valence electrons. The molecule has 4 N–H and O–H groups in total. The number of piperazine rings is 2. The van der Waals surface area contributed by atoms with Gasteiger partial charge in [-0.25, -0.2) is 0 Å². The molecule has 0 atom stereocenters. The Morgan fingerprint density at radius 2 is 1.53 bits per heavy atom. The van der Waals surface area contributed by atoms with Crippen LogP contribution in [0.1, 0.15) is 80.3 Å². The minimum atomic E-state index is -0.419. The third-order valence-corrected chi connectivity index (χ3v) is 15.1. The van der Waals surface area contributed by atoms with Gasteiger partial charge in [-0.3, -0.25) is 14.5 Å². The maximum Gasteiger partial charge on any atom is 0.318 e. The summed E-state index contributed by atoms with van der Waals surface area (Å²) in [5.41, 5.74) is 5.65.